The van der Waals surface area contributed by atoms with Crippen molar-refractivity contribution in [2.75, 3.05) is 0 Å². The predicted octanol–water partition coefficient (Wildman–Crippen LogP) is 0.306. The van der Waals surface area contributed by atoms with Crippen LogP contribution in [-0.4, -0.2) is 17.9 Å². The number of nitriles is 1. The van der Waals surface area contributed by atoms with Crippen molar-refractivity contribution in [1.82, 2.24) is 5.32 Å². The van der Waals surface area contributed by atoms with E-state index in [1.54, 1.807) is 13.8 Å². The number of nitrogens with zero attached hydrogens (tertiary/aromatic N) is 1. The lowest BCUT2D eigenvalue weighted by Crippen LogP contribution is -2.45. The summed E-state index contributed by atoms with van der Waals surface area (Å²) in [4.78, 5) is 22.3. The number of amides is 2. The normalized spacial score (nSPS) is 11.9. The number of primary amides is 1. The van der Waals surface area contributed by atoms with E-state index in [9.17, 15) is 9.59 Å². The summed E-state index contributed by atoms with van der Waals surface area (Å²) in [6.07, 6.45) is 1.34. The van der Waals surface area contributed by atoms with E-state index in [0.717, 1.165) is 0 Å². The van der Waals surface area contributed by atoms with Gasteiger partial charge in [-0.1, -0.05) is 13.8 Å². The van der Waals surface area contributed by atoms with Crippen LogP contribution in [0, 0.1) is 17.2 Å². The van der Waals surface area contributed by atoms with Gasteiger partial charge in [-0.3, -0.25) is 9.59 Å². The first kappa shape index (κ1) is 13.4. The largest absolute Gasteiger partial charge is 0.368 e. The Morgan fingerprint density at radius 3 is 2.47 bits per heavy atom. The smallest absolute Gasteiger partial charge is 0.240 e. The van der Waals surface area contributed by atoms with E-state index in [-0.39, 0.29) is 11.8 Å². The molecule has 0 radical (unpaired) electrons. The Bertz CT molecular complexity index is 268. The minimum absolute atomic E-state index is 0.178. The lowest BCUT2D eigenvalue weighted by molar-refractivity contribution is -0.129. The van der Waals surface area contributed by atoms with Gasteiger partial charge >= 0.3 is 0 Å². The number of carbonyl (C=O) groups is 2. The monoisotopic (exact) mass is 211 g/mol. The molecule has 0 fully saturated rings. The second kappa shape index (κ2) is 6.82. The molecule has 0 saturated heterocycles. The second-order valence-corrected chi connectivity index (χ2v) is 3.67. The average molecular weight is 211 g/mol. The molecule has 84 valence electrons. The highest BCUT2D eigenvalue weighted by atomic mass is 16.2. The third-order valence-corrected chi connectivity index (χ3v) is 1.97. The quantitative estimate of drug-likeness (QED) is 0.619. The topological polar surface area (TPSA) is 96.0 Å². The molecule has 0 aromatic heterocycles. The molecule has 0 aliphatic carbocycles. The van der Waals surface area contributed by atoms with Gasteiger partial charge in [-0.05, 0) is 12.8 Å². The summed E-state index contributed by atoms with van der Waals surface area (Å²) in [5.41, 5.74) is 5.13. The Morgan fingerprint density at radius 1 is 1.47 bits per heavy atom. The molecule has 5 heteroatoms. The molecular weight excluding hydrogens is 194 g/mol. The highest BCUT2D eigenvalue weighted by molar-refractivity contribution is 5.87. The van der Waals surface area contributed by atoms with Crippen molar-refractivity contribution in [3.05, 3.63) is 0 Å². The number of nitrogens with two attached hydrogens (primary N) is 1. The number of carbonyl (C=O) groups excluding carboxylic acids is 2. The fourth-order valence-corrected chi connectivity index (χ4v) is 1.01. The van der Waals surface area contributed by atoms with Gasteiger partial charge in [0.05, 0.1) is 6.07 Å². The van der Waals surface area contributed by atoms with Gasteiger partial charge in [0.2, 0.25) is 11.8 Å². The molecule has 0 bridgehead atoms. The first-order chi connectivity index (χ1) is 6.99. The summed E-state index contributed by atoms with van der Waals surface area (Å²) in [7, 11) is 0. The highest BCUT2D eigenvalue weighted by Gasteiger charge is 2.18. The SMILES string of the molecule is CC(C)C(=O)N[C@@H](CCCC#N)C(N)=O. The zero-order valence-electron chi connectivity index (χ0n) is 9.12. The zero-order chi connectivity index (χ0) is 11.8. The predicted molar refractivity (Wildman–Crippen MR) is 55.4 cm³/mol. The van der Waals surface area contributed by atoms with Gasteiger partial charge in [0.15, 0.2) is 0 Å². The van der Waals surface area contributed by atoms with E-state index in [1.807, 2.05) is 6.07 Å². The summed E-state index contributed by atoms with van der Waals surface area (Å²) in [5.74, 6) is -0.930. The van der Waals surface area contributed by atoms with E-state index in [1.165, 1.54) is 0 Å². The van der Waals surface area contributed by atoms with E-state index in [4.69, 9.17) is 11.0 Å². The molecule has 0 aromatic rings. The maximum atomic E-state index is 11.3. The summed E-state index contributed by atoms with van der Waals surface area (Å²) in [6, 6.07) is 1.31. The number of hydrogen-bond donors (Lipinski definition) is 2. The number of rotatable bonds is 6. The fraction of sp³-hybridized carbons (Fsp3) is 0.700. The average Bonchev–Trinajstić information content (AvgIpc) is 2.15. The molecule has 15 heavy (non-hydrogen) atoms. The van der Waals surface area contributed by atoms with Gasteiger partial charge in [0.25, 0.3) is 0 Å². The van der Waals surface area contributed by atoms with Crippen molar-refractivity contribution < 1.29 is 9.59 Å². The molecule has 0 spiro atoms. The van der Waals surface area contributed by atoms with Crippen molar-refractivity contribution in [2.45, 2.75) is 39.2 Å². The summed E-state index contributed by atoms with van der Waals surface area (Å²) >= 11 is 0. The molecule has 0 heterocycles. The summed E-state index contributed by atoms with van der Waals surface area (Å²) in [5, 5.41) is 10.9. The molecule has 0 aromatic carbocycles. The Hall–Kier alpha value is -1.57. The van der Waals surface area contributed by atoms with Crippen molar-refractivity contribution in [3.63, 3.8) is 0 Å². The molecule has 0 rings (SSSR count). The van der Waals surface area contributed by atoms with Crippen LogP contribution in [0.1, 0.15) is 33.1 Å². The van der Waals surface area contributed by atoms with Gasteiger partial charge in [-0.25, -0.2) is 0 Å². The van der Waals surface area contributed by atoms with E-state index in [2.05, 4.69) is 5.32 Å². The Morgan fingerprint density at radius 2 is 2.07 bits per heavy atom. The van der Waals surface area contributed by atoms with Crippen LogP contribution in [0.3, 0.4) is 0 Å². The number of hydrogen-bond acceptors (Lipinski definition) is 3. The third kappa shape index (κ3) is 5.68. The van der Waals surface area contributed by atoms with Crippen LogP contribution in [0.2, 0.25) is 0 Å². The lowest BCUT2D eigenvalue weighted by atomic mass is 10.1. The van der Waals surface area contributed by atoms with Crippen LogP contribution in [-0.2, 0) is 9.59 Å². The van der Waals surface area contributed by atoms with Gasteiger partial charge < -0.3 is 11.1 Å². The molecule has 1 atom stereocenters. The Labute approximate surface area is 89.6 Å². The highest BCUT2D eigenvalue weighted by Crippen LogP contribution is 2.02. The Balaban J connectivity index is 4.12. The summed E-state index contributed by atoms with van der Waals surface area (Å²) < 4.78 is 0. The van der Waals surface area contributed by atoms with Gasteiger partial charge in [0.1, 0.15) is 6.04 Å². The molecule has 2 amide bonds. The molecule has 0 aliphatic heterocycles. The van der Waals surface area contributed by atoms with Crippen LogP contribution in [0.15, 0.2) is 0 Å². The van der Waals surface area contributed by atoms with E-state index >= 15 is 0 Å². The van der Waals surface area contributed by atoms with E-state index < -0.39 is 11.9 Å². The van der Waals surface area contributed by atoms with Gasteiger partial charge in [-0.15, -0.1) is 0 Å². The summed E-state index contributed by atoms with van der Waals surface area (Å²) in [6.45, 7) is 3.48. The molecule has 0 unspecified atom stereocenters. The molecule has 3 N–H and O–H groups in total. The number of unbranched alkanes of at least 4 members (excludes halogenated alkanes) is 1. The van der Waals surface area contributed by atoms with Gasteiger partial charge in [0, 0.05) is 12.3 Å². The lowest BCUT2D eigenvalue weighted by Gasteiger charge is -2.16. The second-order valence-electron chi connectivity index (χ2n) is 3.67. The zero-order valence-corrected chi connectivity index (χ0v) is 9.12. The molecule has 0 saturated carbocycles. The van der Waals surface area contributed by atoms with Crippen LogP contribution < -0.4 is 11.1 Å². The maximum Gasteiger partial charge on any atom is 0.240 e. The maximum absolute atomic E-state index is 11.3. The van der Waals surface area contributed by atoms with Crippen LogP contribution in [0.5, 0.6) is 0 Å². The van der Waals surface area contributed by atoms with Gasteiger partial charge in [-0.2, -0.15) is 5.26 Å². The minimum Gasteiger partial charge on any atom is -0.368 e. The van der Waals surface area contributed by atoms with Crippen LogP contribution in [0.25, 0.3) is 0 Å². The molecular formula is C10H17N3O2. The van der Waals surface area contributed by atoms with Crippen molar-refractivity contribution in [1.29, 1.82) is 5.26 Å². The third-order valence-electron chi connectivity index (χ3n) is 1.97. The van der Waals surface area contributed by atoms with Crippen molar-refractivity contribution in [2.24, 2.45) is 11.7 Å². The standard InChI is InChI=1S/C10H17N3O2/c1-7(2)10(15)13-8(9(12)14)5-3-4-6-11/h7-8H,3-5H2,1-2H3,(H2,12,14)(H,13,15)/t8-/m0/s1. The van der Waals surface area contributed by atoms with Crippen LogP contribution >= 0.6 is 0 Å². The van der Waals surface area contributed by atoms with E-state index in [0.29, 0.717) is 19.3 Å². The fourth-order valence-electron chi connectivity index (χ4n) is 1.01. The van der Waals surface area contributed by atoms with Crippen LogP contribution in [0.4, 0.5) is 0 Å². The van der Waals surface area contributed by atoms with Crippen molar-refractivity contribution in [3.8, 4) is 6.07 Å². The minimum atomic E-state index is -0.659. The Kier molecular flexibility index (Phi) is 6.11. The van der Waals surface area contributed by atoms with Crippen molar-refractivity contribution >= 4 is 11.8 Å². The number of nitrogens with one attached hydrogen (secondary N) is 1. The first-order valence-corrected chi connectivity index (χ1v) is 4.95. The first-order valence-electron chi connectivity index (χ1n) is 4.95. The molecule has 0 aliphatic rings. The molecule has 5 nitrogen and oxygen atoms in total.